The van der Waals surface area contributed by atoms with Gasteiger partial charge in [-0.3, -0.25) is 4.89 Å². The van der Waals surface area contributed by atoms with Crippen molar-refractivity contribution in [3.8, 4) is 22.8 Å². The van der Waals surface area contributed by atoms with E-state index in [1.165, 1.54) is 0 Å². The average molecular weight is 364 g/mol. The van der Waals surface area contributed by atoms with Crippen LogP contribution < -0.4 is 14.9 Å². The molecular weight excluding hydrogens is 344 g/mol. The van der Waals surface area contributed by atoms with Gasteiger partial charge in [0.15, 0.2) is 5.75 Å². The number of ether oxygens (including phenoxy) is 1. The van der Waals surface area contributed by atoms with E-state index in [1.807, 2.05) is 48.5 Å². The maximum absolute atomic E-state index is 12.2. The molecule has 1 aromatic heterocycles. The number of hydrogen-bond acceptors (Lipinski definition) is 6. The third-order valence-corrected chi connectivity index (χ3v) is 4.61. The van der Waals surface area contributed by atoms with Crippen LogP contribution >= 0.6 is 0 Å². The molecule has 1 aliphatic heterocycles. The number of methoxy groups -OCH3 is 1. The van der Waals surface area contributed by atoms with Crippen LogP contribution in [0.3, 0.4) is 0 Å². The first-order valence-corrected chi connectivity index (χ1v) is 8.90. The predicted octanol–water partition coefficient (Wildman–Crippen LogP) is 3.50. The number of benzene rings is 2. The molecule has 0 spiro atoms. The van der Waals surface area contributed by atoms with Crippen molar-refractivity contribution in [2.75, 3.05) is 13.7 Å². The number of fused-ring (bicyclic) bond motifs is 1. The minimum Gasteiger partial charge on any atom is -0.497 e. The molecule has 3 aromatic rings. The number of hydrogen-bond donors (Lipinski definition) is 1. The highest BCUT2D eigenvalue weighted by Crippen LogP contribution is 2.32. The van der Waals surface area contributed by atoms with Crippen molar-refractivity contribution >= 4 is 16.9 Å². The van der Waals surface area contributed by atoms with Gasteiger partial charge in [0.25, 0.3) is 0 Å². The number of pyridine rings is 1. The molecule has 1 saturated heterocycles. The summed E-state index contributed by atoms with van der Waals surface area (Å²) in [6, 6.07) is 16.7. The Hall–Kier alpha value is -3.12. The smallest absolute Gasteiger partial charge is 0.372 e. The third-order valence-electron chi connectivity index (χ3n) is 4.61. The second-order valence-electron chi connectivity index (χ2n) is 6.39. The van der Waals surface area contributed by atoms with Crippen LogP contribution in [-0.4, -0.2) is 30.6 Å². The monoisotopic (exact) mass is 364 g/mol. The van der Waals surface area contributed by atoms with Crippen molar-refractivity contribution in [2.24, 2.45) is 0 Å². The van der Waals surface area contributed by atoms with Crippen LogP contribution in [0.25, 0.3) is 22.2 Å². The van der Waals surface area contributed by atoms with Crippen molar-refractivity contribution in [2.45, 2.75) is 18.9 Å². The Balaban J connectivity index is 1.69. The molecule has 6 heteroatoms. The average Bonchev–Trinajstić information content (AvgIpc) is 3.26. The number of nitrogens with one attached hydrogen (secondary N) is 1. The lowest BCUT2D eigenvalue weighted by molar-refractivity contribution is -0.215. The van der Waals surface area contributed by atoms with Crippen molar-refractivity contribution in [3.63, 3.8) is 0 Å². The van der Waals surface area contributed by atoms with E-state index >= 15 is 0 Å². The summed E-state index contributed by atoms with van der Waals surface area (Å²) in [4.78, 5) is 27.4. The van der Waals surface area contributed by atoms with E-state index < -0.39 is 5.97 Å². The molecule has 6 nitrogen and oxygen atoms in total. The molecule has 2 aromatic carbocycles. The van der Waals surface area contributed by atoms with Crippen molar-refractivity contribution in [1.82, 2.24) is 10.3 Å². The number of rotatable bonds is 5. The minimum absolute atomic E-state index is 0.313. The molecule has 27 heavy (non-hydrogen) atoms. The quantitative estimate of drug-likeness (QED) is 0.552. The zero-order valence-corrected chi connectivity index (χ0v) is 15.0. The van der Waals surface area contributed by atoms with Gasteiger partial charge in [-0.2, -0.15) is 0 Å². The molecule has 0 saturated carbocycles. The first kappa shape index (κ1) is 17.3. The molecule has 1 fully saturated rings. The molecule has 1 N–H and O–H groups in total. The molecule has 1 aliphatic rings. The lowest BCUT2D eigenvalue weighted by atomic mass is 10.1. The fourth-order valence-corrected chi connectivity index (χ4v) is 3.16. The van der Waals surface area contributed by atoms with Crippen LogP contribution in [0.2, 0.25) is 0 Å². The molecule has 0 amide bonds. The summed E-state index contributed by atoms with van der Waals surface area (Å²) in [5.74, 6) is 0.721. The SMILES string of the molecule is COc1ccc2c(OOC(=O)C3CCCN3)cc(-c3ccccc3)nc2c1. The van der Waals surface area contributed by atoms with Gasteiger partial charge in [-0.25, -0.2) is 14.7 Å². The highest BCUT2D eigenvalue weighted by Gasteiger charge is 2.25. The van der Waals surface area contributed by atoms with Crippen molar-refractivity contribution < 1.29 is 19.3 Å². The van der Waals surface area contributed by atoms with E-state index in [2.05, 4.69) is 5.32 Å². The maximum atomic E-state index is 12.2. The number of carbonyl (C=O) groups is 1. The molecule has 2 heterocycles. The molecule has 0 aliphatic carbocycles. The van der Waals surface area contributed by atoms with Crippen LogP contribution in [0.15, 0.2) is 54.6 Å². The summed E-state index contributed by atoms with van der Waals surface area (Å²) in [6.07, 6.45) is 1.71. The van der Waals surface area contributed by atoms with Gasteiger partial charge in [0.1, 0.15) is 11.8 Å². The molecule has 1 unspecified atom stereocenters. The first-order chi connectivity index (χ1) is 13.2. The highest BCUT2D eigenvalue weighted by atomic mass is 17.2. The van der Waals surface area contributed by atoms with E-state index in [0.717, 1.165) is 36.0 Å². The van der Waals surface area contributed by atoms with E-state index in [0.29, 0.717) is 17.0 Å². The molecule has 4 rings (SSSR count). The topological polar surface area (TPSA) is 69.7 Å². The second kappa shape index (κ2) is 7.63. The molecule has 1 atom stereocenters. The zero-order chi connectivity index (χ0) is 18.6. The third kappa shape index (κ3) is 3.71. The Morgan fingerprint density at radius 3 is 2.74 bits per heavy atom. The van der Waals surface area contributed by atoms with Crippen LogP contribution in [0.4, 0.5) is 0 Å². The van der Waals surface area contributed by atoms with Crippen LogP contribution in [0.1, 0.15) is 12.8 Å². The Kier molecular flexibility index (Phi) is 4.89. The minimum atomic E-state index is -0.410. The van der Waals surface area contributed by atoms with Gasteiger partial charge in [-0.1, -0.05) is 30.3 Å². The summed E-state index contributed by atoms with van der Waals surface area (Å²) in [5.41, 5.74) is 2.36. The summed E-state index contributed by atoms with van der Waals surface area (Å²) >= 11 is 0. The van der Waals surface area contributed by atoms with Gasteiger partial charge >= 0.3 is 5.97 Å². The molecule has 0 radical (unpaired) electrons. The van der Waals surface area contributed by atoms with Gasteiger partial charge in [0, 0.05) is 23.1 Å². The molecular formula is C21H20N2O4. The Labute approximate surface area is 157 Å². The summed E-state index contributed by atoms with van der Waals surface area (Å²) in [6.45, 7) is 0.815. The summed E-state index contributed by atoms with van der Waals surface area (Å²) < 4.78 is 5.30. The first-order valence-electron chi connectivity index (χ1n) is 8.90. The normalized spacial score (nSPS) is 16.3. The Morgan fingerprint density at radius 2 is 2.00 bits per heavy atom. The van der Waals surface area contributed by atoms with Crippen LogP contribution in [0.5, 0.6) is 11.5 Å². The largest absolute Gasteiger partial charge is 0.497 e. The van der Waals surface area contributed by atoms with Gasteiger partial charge < -0.3 is 10.1 Å². The van der Waals surface area contributed by atoms with E-state index in [4.69, 9.17) is 19.5 Å². The van der Waals surface area contributed by atoms with Gasteiger partial charge in [0.05, 0.1) is 18.3 Å². The van der Waals surface area contributed by atoms with E-state index in [-0.39, 0.29) is 6.04 Å². The lowest BCUT2D eigenvalue weighted by Gasteiger charge is -2.12. The Morgan fingerprint density at radius 1 is 1.15 bits per heavy atom. The van der Waals surface area contributed by atoms with Gasteiger partial charge in [0.2, 0.25) is 0 Å². The molecule has 138 valence electrons. The standard InChI is InChI=1S/C21H20N2O4/c1-25-15-9-10-16-19(12-15)23-18(14-6-3-2-4-7-14)13-20(16)26-27-21(24)17-8-5-11-22-17/h2-4,6-7,9-10,12-13,17,22H,5,8,11H2,1H3. The van der Waals surface area contributed by atoms with Crippen LogP contribution in [-0.2, 0) is 9.68 Å². The second-order valence-corrected chi connectivity index (χ2v) is 6.39. The fraction of sp³-hybridized carbons (Fsp3) is 0.238. The fourth-order valence-electron chi connectivity index (χ4n) is 3.16. The lowest BCUT2D eigenvalue weighted by Crippen LogP contribution is -2.33. The molecule has 0 bridgehead atoms. The Bertz CT molecular complexity index is 953. The van der Waals surface area contributed by atoms with Gasteiger partial charge in [-0.05, 0) is 31.5 Å². The van der Waals surface area contributed by atoms with Crippen molar-refractivity contribution in [1.29, 1.82) is 0 Å². The maximum Gasteiger partial charge on any atom is 0.372 e. The van der Waals surface area contributed by atoms with E-state index in [9.17, 15) is 4.79 Å². The van der Waals surface area contributed by atoms with Crippen LogP contribution in [0, 0.1) is 0 Å². The van der Waals surface area contributed by atoms with Crippen molar-refractivity contribution in [3.05, 3.63) is 54.6 Å². The highest BCUT2D eigenvalue weighted by molar-refractivity contribution is 5.89. The number of aromatic nitrogens is 1. The van der Waals surface area contributed by atoms with E-state index in [1.54, 1.807) is 13.2 Å². The number of carbonyl (C=O) groups excluding carboxylic acids is 1. The zero-order valence-electron chi connectivity index (χ0n) is 15.0. The van der Waals surface area contributed by atoms with Gasteiger partial charge in [-0.15, -0.1) is 0 Å². The predicted molar refractivity (Wildman–Crippen MR) is 101 cm³/mol. The summed E-state index contributed by atoms with van der Waals surface area (Å²) in [7, 11) is 1.61. The number of nitrogens with zero attached hydrogens (tertiary/aromatic N) is 1. The summed E-state index contributed by atoms with van der Waals surface area (Å²) in [5, 5.41) is 3.84.